The molecule has 1 fully saturated rings. The third-order valence-corrected chi connectivity index (χ3v) is 9.71. The summed E-state index contributed by atoms with van der Waals surface area (Å²) < 4.78 is 12.7. The number of likely N-dealkylation sites (N-methyl/N-ethyl adjacent to an activating group) is 1. The number of halogens is 1. The molecule has 2 aliphatic rings. The molecule has 5 rings (SSSR count). The summed E-state index contributed by atoms with van der Waals surface area (Å²) in [6.45, 7) is 10.00. The second-order valence-corrected chi connectivity index (χ2v) is 14.5. The van der Waals surface area contributed by atoms with Crippen LogP contribution in [0.2, 0.25) is 0 Å². The second kappa shape index (κ2) is 15.8. The summed E-state index contributed by atoms with van der Waals surface area (Å²) in [4.78, 5) is 61.5. The van der Waals surface area contributed by atoms with Crippen LogP contribution in [0.15, 0.2) is 59.1 Å². The summed E-state index contributed by atoms with van der Waals surface area (Å²) >= 11 is 3.63. The Bertz CT molecular complexity index is 1740. The van der Waals surface area contributed by atoms with Crippen LogP contribution in [-0.4, -0.2) is 114 Å². The summed E-state index contributed by atoms with van der Waals surface area (Å²) in [5.74, 6) is -0.917. The number of carbonyl (C=O) groups excluding carboxylic acids is 4. The van der Waals surface area contributed by atoms with Gasteiger partial charge in [0.2, 0.25) is 5.91 Å². The molecule has 0 radical (unpaired) electrons. The van der Waals surface area contributed by atoms with Gasteiger partial charge in [-0.2, -0.15) is 0 Å². The number of rotatable bonds is 9. The van der Waals surface area contributed by atoms with Crippen LogP contribution in [0, 0.1) is 0 Å². The van der Waals surface area contributed by atoms with E-state index in [0.717, 1.165) is 27.4 Å². The number of piperazine rings is 1. The van der Waals surface area contributed by atoms with Crippen LogP contribution in [0.4, 0.5) is 10.5 Å². The third kappa shape index (κ3) is 8.39. The van der Waals surface area contributed by atoms with E-state index in [1.54, 1.807) is 55.7 Å². The Morgan fingerprint density at radius 1 is 1.04 bits per heavy atom. The predicted octanol–water partition coefficient (Wildman–Crippen LogP) is 4.41. The van der Waals surface area contributed by atoms with Crippen molar-refractivity contribution in [3.05, 3.63) is 70.2 Å². The number of aliphatic hydroxyl groups is 1. The molecule has 2 aliphatic heterocycles. The number of aliphatic hydroxyl groups excluding tert-OH is 1. The maximum absolute atomic E-state index is 14.5. The van der Waals surface area contributed by atoms with Crippen LogP contribution >= 0.6 is 15.9 Å². The molecule has 13 heteroatoms. The standard InChI is InChI=1S/C37H46BrN5O7/c1-24(40(5)36(48)50-37(2,3)4)33(45)39-30-23-49-32-28(34(46)42-19-17-41(18-20-42)16-9-21-44)12-8-13-31(32)43(35(30)47)22-25-14-15-29(38)27-11-7-6-10-26(25)27/h6-8,10-15,24,30,44H,9,16-23H2,1-5H3,(H,39,45)/t24-,30-/m0/s1. The lowest BCUT2D eigenvalue weighted by atomic mass is 10.0. The Morgan fingerprint density at radius 2 is 1.74 bits per heavy atom. The molecule has 0 bridgehead atoms. The van der Waals surface area contributed by atoms with Gasteiger partial charge >= 0.3 is 6.09 Å². The number of para-hydroxylation sites is 1. The lowest BCUT2D eigenvalue weighted by Crippen LogP contribution is -2.55. The topological polar surface area (TPSA) is 132 Å². The van der Waals surface area contributed by atoms with Crippen molar-refractivity contribution in [2.24, 2.45) is 0 Å². The van der Waals surface area contributed by atoms with Crippen molar-refractivity contribution in [2.45, 2.75) is 58.3 Å². The van der Waals surface area contributed by atoms with Gasteiger partial charge in [0.15, 0.2) is 5.75 Å². The number of ether oxygens (including phenoxy) is 2. The molecule has 1 saturated heterocycles. The van der Waals surface area contributed by atoms with Gasteiger partial charge in [0.25, 0.3) is 11.8 Å². The first-order chi connectivity index (χ1) is 23.8. The normalized spacial score (nSPS) is 17.4. The van der Waals surface area contributed by atoms with Crippen LogP contribution in [0.1, 0.15) is 50.0 Å². The summed E-state index contributed by atoms with van der Waals surface area (Å²) in [5, 5.41) is 13.9. The molecule has 3 aromatic rings. The molecular weight excluding hydrogens is 706 g/mol. The van der Waals surface area contributed by atoms with E-state index in [1.807, 2.05) is 36.4 Å². The van der Waals surface area contributed by atoms with Crippen molar-refractivity contribution in [1.29, 1.82) is 0 Å². The fourth-order valence-corrected chi connectivity index (χ4v) is 6.58. The average Bonchev–Trinajstić information content (AvgIpc) is 3.22. The molecule has 0 spiro atoms. The molecule has 2 atom stereocenters. The van der Waals surface area contributed by atoms with Crippen molar-refractivity contribution in [3.63, 3.8) is 0 Å². The Kier molecular flexibility index (Phi) is 11.7. The summed E-state index contributed by atoms with van der Waals surface area (Å²) in [6.07, 6.45) is 0.0105. The van der Waals surface area contributed by atoms with E-state index >= 15 is 0 Å². The number of hydrogen-bond acceptors (Lipinski definition) is 8. The van der Waals surface area contributed by atoms with E-state index in [0.29, 0.717) is 43.9 Å². The van der Waals surface area contributed by atoms with Gasteiger partial charge in [0.05, 0.1) is 17.8 Å². The average molecular weight is 753 g/mol. The molecule has 0 aromatic heterocycles. The van der Waals surface area contributed by atoms with Crippen molar-refractivity contribution in [2.75, 3.05) is 57.9 Å². The summed E-state index contributed by atoms with van der Waals surface area (Å²) in [5.41, 5.74) is 0.863. The van der Waals surface area contributed by atoms with E-state index < -0.39 is 35.6 Å². The monoisotopic (exact) mass is 751 g/mol. The highest BCUT2D eigenvalue weighted by Gasteiger charge is 2.37. The van der Waals surface area contributed by atoms with Crippen molar-refractivity contribution >= 4 is 56.2 Å². The van der Waals surface area contributed by atoms with Crippen LogP contribution < -0.4 is 15.0 Å². The number of fused-ring (bicyclic) bond motifs is 2. The van der Waals surface area contributed by atoms with E-state index in [9.17, 15) is 24.3 Å². The second-order valence-electron chi connectivity index (χ2n) is 13.7. The fourth-order valence-electron chi connectivity index (χ4n) is 6.10. The number of nitrogens with zero attached hydrogens (tertiary/aromatic N) is 4. The highest BCUT2D eigenvalue weighted by atomic mass is 79.9. The Balaban J connectivity index is 1.46. The maximum Gasteiger partial charge on any atom is 0.410 e. The smallest absolute Gasteiger partial charge is 0.410 e. The molecule has 50 heavy (non-hydrogen) atoms. The molecule has 0 unspecified atom stereocenters. The highest BCUT2D eigenvalue weighted by molar-refractivity contribution is 9.10. The molecule has 12 nitrogen and oxygen atoms in total. The maximum atomic E-state index is 14.5. The molecule has 3 aromatic carbocycles. The summed E-state index contributed by atoms with van der Waals surface area (Å²) in [6, 6.07) is 14.9. The number of anilines is 1. The molecule has 2 heterocycles. The molecule has 0 saturated carbocycles. The van der Waals surface area contributed by atoms with Crippen LogP contribution in [0.5, 0.6) is 5.75 Å². The molecule has 2 N–H and O–H groups in total. The first-order valence-electron chi connectivity index (χ1n) is 16.9. The van der Waals surface area contributed by atoms with Crippen LogP contribution in [0.3, 0.4) is 0 Å². The number of benzene rings is 3. The van der Waals surface area contributed by atoms with Crippen LogP contribution in [0.25, 0.3) is 10.8 Å². The molecule has 4 amide bonds. The SMILES string of the molecule is C[C@@H](C(=O)N[C@H]1COc2c(C(=O)N3CCN(CCCO)CC3)cccc2N(Cc2ccc(Br)c3ccccc23)C1=O)N(C)C(=O)OC(C)(C)C. The number of nitrogens with one attached hydrogen (secondary N) is 1. The van der Waals surface area contributed by atoms with E-state index in [2.05, 4.69) is 26.1 Å². The number of hydrogen-bond donors (Lipinski definition) is 2. The minimum absolute atomic E-state index is 0.124. The Labute approximate surface area is 301 Å². The quantitative estimate of drug-likeness (QED) is 0.329. The van der Waals surface area contributed by atoms with Gasteiger partial charge in [-0.15, -0.1) is 0 Å². The third-order valence-electron chi connectivity index (χ3n) is 9.01. The first-order valence-corrected chi connectivity index (χ1v) is 17.7. The molecule has 0 aliphatic carbocycles. The van der Waals surface area contributed by atoms with Crippen molar-refractivity contribution in [3.8, 4) is 5.75 Å². The molecular formula is C37H46BrN5O7. The van der Waals surface area contributed by atoms with E-state index in [1.165, 1.54) is 11.9 Å². The zero-order valence-electron chi connectivity index (χ0n) is 29.3. The minimum atomic E-state index is -1.12. The Hall–Kier alpha value is -4.20. The van der Waals surface area contributed by atoms with Gasteiger partial charge in [-0.3, -0.25) is 24.2 Å². The number of carbonyl (C=O) groups is 4. The van der Waals surface area contributed by atoms with Gasteiger partial charge < -0.3 is 29.7 Å². The lowest BCUT2D eigenvalue weighted by molar-refractivity contribution is -0.130. The fraction of sp³-hybridized carbons (Fsp3) is 0.459. The number of amides is 4. The van der Waals surface area contributed by atoms with Crippen molar-refractivity contribution in [1.82, 2.24) is 20.0 Å². The van der Waals surface area contributed by atoms with E-state index in [4.69, 9.17) is 9.47 Å². The van der Waals surface area contributed by atoms with Gasteiger partial charge in [0.1, 0.15) is 24.3 Å². The van der Waals surface area contributed by atoms with E-state index in [-0.39, 0.29) is 31.4 Å². The zero-order chi connectivity index (χ0) is 36.2. The van der Waals surface area contributed by atoms with Gasteiger partial charge in [-0.25, -0.2) is 4.79 Å². The summed E-state index contributed by atoms with van der Waals surface area (Å²) in [7, 11) is 1.47. The highest BCUT2D eigenvalue weighted by Crippen LogP contribution is 2.38. The van der Waals surface area contributed by atoms with Gasteiger partial charge in [-0.05, 0) is 68.7 Å². The zero-order valence-corrected chi connectivity index (χ0v) is 30.9. The van der Waals surface area contributed by atoms with Gasteiger partial charge in [0, 0.05) is 50.9 Å². The predicted molar refractivity (Wildman–Crippen MR) is 194 cm³/mol. The minimum Gasteiger partial charge on any atom is -0.488 e. The van der Waals surface area contributed by atoms with Crippen LogP contribution in [-0.2, 0) is 20.9 Å². The molecule has 268 valence electrons. The lowest BCUT2D eigenvalue weighted by Gasteiger charge is -2.35. The van der Waals surface area contributed by atoms with Gasteiger partial charge in [-0.1, -0.05) is 52.3 Å². The largest absolute Gasteiger partial charge is 0.488 e. The Morgan fingerprint density at radius 3 is 2.42 bits per heavy atom. The first kappa shape index (κ1) is 37.1. The van der Waals surface area contributed by atoms with Crippen molar-refractivity contribution < 1.29 is 33.8 Å².